The lowest BCUT2D eigenvalue weighted by Crippen LogP contribution is -2.40. The molecule has 1 rings (SSSR count). The van der Waals surface area contributed by atoms with Crippen LogP contribution in [0.2, 0.25) is 0 Å². The van der Waals surface area contributed by atoms with E-state index in [4.69, 9.17) is 4.74 Å². The SMILES string of the molecule is CCOC(=O)C(C)NS(=O)(=O)CCc1ccncc1. The lowest BCUT2D eigenvalue weighted by atomic mass is 10.2. The van der Waals surface area contributed by atoms with Crippen molar-refractivity contribution in [1.29, 1.82) is 0 Å². The molecule has 1 atom stereocenters. The second kappa shape index (κ2) is 7.20. The number of nitrogens with zero attached hydrogens (tertiary/aromatic N) is 1. The van der Waals surface area contributed by atoms with Crippen LogP contribution in [0.1, 0.15) is 19.4 Å². The van der Waals surface area contributed by atoms with E-state index in [1.54, 1.807) is 31.5 Å². The maximum atomic E-state index is 11.8. The summed E-state index contributed by atoms with van der Waals surface area (Å²) < 4.78 is 30.6. The average Bonchev–Trinajstić information content (AvgIpc) is 2.37. The van der Waals surface area contributed by atoms with Crippen LogP contribution in [0.25, 0.3) is 0 Å². The smallest absolute Gasteiger partial charge is 0.323 e. The Labute approximate surface area is 113 Å². The molecule has 0 aliphatic heterocycles. The highest BCUT2D eigenvalue weighted by Crippen LogP contribution is 2.01. The first kappa shape index (κ1) is 15.6. The molecule has 0 spiro atoms. The van der Waals surface area contributed by atoms with E-state index in [0.717, 1.165) is 5.56 Å². The Morgan fingerprint density at radius 2 is 2.05 bits per heavy atom. The van der Waals surface area contributed by atoms with Gasteiger partial charge in [-0.1, -0.05) is 0 Å². The van der Waals surface area contributed by atoms with Crippen molar-refractivity contribution < 1.29 is 17.9 Å². The molecule has 0 aliphatic rings. The number of carbonyl (C=O) groups excluding carboxylic acids is 1. The number of hydrogen-bond donors (Lipinski definition) is 1. The molecule has 0 aliphatic carbocycles. The zero-order valence-electron chi connectivity index (χ0n) is 11.0. The summed E-state index contributed by atoms with van der Waals surface area (Å²) >= 11 is 0. The number of esters is 1. The highest BCUT2D eigenvalue weighted by atomic mass is 32.2. The third-order valence-electron chi connectivity index (χ3n) is 2.41. The normalized spacial score (nSPS) is 12.9. The molecule has 7 heteroatoms. The fourth-order valence-electron chi connectivity index (χ4n) is 1.45. The van der Waals surface area contributed by atoms with E-state index in [-0.39, 0.29) is 12.4 Å². The summed E-state index contributed by atoms with van der Waals surface area (Å²) in [6.07, 6.45) is 3.58. The van der Waals surface area contributed by atoms with Crippen molar-refractivity contribution in [3.8, 4) is 0 Å². The minimum atomic E-state index is -3.51. The Kier molecular flexibility index (Phi) is 5.91. The Morgan fingerprint density at radius 1 is 1.42 bits per heavy atom. The molecule has 1 aromatic heterocycles. The fourth-order valence-corrected chi connectivity index (χ4v) is 2.70. The number of sulfonamides is 1. The fraction of sp³-hybridized carbons (Fsp3) is 0.500. The predicted molar refractivity (Wildman–Crippen MR) is 71.0 cm³/mol. The second-order valence-corrected chi connectivity index (χ2v) is 5.89. The summed E-state index contributed by atoms with van der Waals surface area (Å²) in [6, 6.07) is 2.64. The lowest BCUT2D eigenvalue weighted by Gasteiger charge is -2.12. The van der Waals surface area contributed by atoms with Crippen molar-refractivity contribution in [3.63, 3.8) is 0 Å². The van der Waals surface area contributed by atoms with Crippen molar-refractivity contribution in [3.05, 3.63) is 30.1 Å². The van der Waals surface area contributed by atoms with Crippen molar-refractivity contribution in [2.45, 2.75) is 26.3 Å². The third-order valence-corrected chi connectivity index (χ3v) is 3.86. The van der Waals surface area contributed by atoms with E-state index in [9.17, 15) is 13.2 Å². The van der Waals surface area contributed by atoms with Gasteiger partial charge in [0.2, 0.25) is 10.0 Å². The maximum Gasteiger partial charge on any atom is 0.323 e. The van der Waals surface area contributed by atoms with Crippen molar-refractivity contribution >= 4 is 16.0 Å². The molecule has 1 heterocycles. The van der Waals surface area contributed by atoms with E-state index in [0.29, 0.717) is 6.42 Å². The molecule has 6 nitrogen and oxygen atoms in total. The molecule has 0 saturated carbocycles. The standard InChI is InChI=1S/C12H18N2O4S/c1-3-18-12(15)10(2)14-19(16,17)9-6-11-4-7-13-8-5-11/h4-5,7-8,10,14H,3,6,9H2,1-2H3. The van der Waals surface area contributed by atoms with Gasteiger partial charge >= 0.3 is 5.97 Å². The molecule has 0 amide bonds. The number of carbonyl (C=O) groups is 1. The molecule has 0 saturated heterocycles. The van der Waals surface area contributed by atoms with Crippen LogP contribution in [0.5, 0.6) is 0 Å². The van der Waals surface area contributed by atoms with Crippen LogP contribution < -0.4 is 4.72 Å². The van der Waals surface area contributed by atoms with Gasteiger partial charge in [0.15, 0.2) is 0 Å². The van der Waals surface area contributed by atoms with Gasteiger partial charge in [-0.25, -0.2) is 13.1 Å². The monoisotopic (exact) mass is 286 g/mol. The first-order valence-electron chi connectivity index (χ1n) is 6.00. The van der Waals surface area contributed by atoms with E-state index in [1.165, 1.54) is 6.92 Å². The van der Waals surface area contributed by atoms with Gasteiger partial charge in [0, 0.05) is 12.4 Å². The van der Waals surface area contributed by atoms with Crippen LogP contribution >= 0.6 is 0 Å². The number of aryl methyl sites for hydroxylation is 1. The summed E-state index contributed by atoms with van der Waals surface area (Å²) in [6.45, 7) is 3.35. The Hall–Kier alpha value is -1.47. The summed E-state index contributed by atoms with van der Waals surface area (Å²) in [5.74, 6) is -0.657. The van der Waals surface area contributed by atoms with Gasteiger partial charge in [0.1, 0.15) is 6.04 Å². The summed E-state index contributed by atoms with van der Waals surface area (Å²) in [4.78, 5) is 15.2. The lowest BCUT2D eigenvalue weighted by molar-refractivity contribution is -0.144. The van der Waals surface area contributed by atoms with E-state index < -0.39 is 22.0 Å². The minimum absolute atomic E-state index is 0.0826. The van der Waals surface area contributed by atoms with Crippen LogP contribution in [-0.4, -0.2) is 37.8 Å². The van der Waals surface area contributed by atoms with Crippen LogP contribution in [0.4, 0.5) is 0 Å². The first-order valence-corrected chi connectivity index (χ1v) is 7.65. The zero-order valence-corrected chi connectivity index (χ0v) is 11.8. The molecule has 0 fully saturated rings. The average molecular weight is 286 g/mol. The molecule has 1 unspecified atom stereocenters. The predicted octanol–water partition coefficient (Wildman–Crippen LogP) is 0.495. The second-order valence-electron chi connectivity index (χ2n) is 4.02. The number of nitrogens with one attached hydrogen (secondary N) is 1. The summed E-state index contributed by atoms with van der Waals surface area (Å²) in [5.41, 5.74) is 0.879. The van der Waals surface area contributed by atoms with E-state index in [2.05, 4.69) is 9.71 Å². The molecule has 0 radical (unpaired) electrons. The van der Waals surface area contributed by atoms with Gasteiger partial charge in [-0.05, 0) is 38.0 Å². The van der Waals surface area contributed by atoms with Gasteiger partial charge in [-0.2, -0.15) is 0 Å². The van der Waals surface area contributed by atoms with Crippen LogP contribution in [0.3, 0.4) is 0 Å². The van der Waals surface area contributed by atoms with Gasteiger partial charge in [-0.15, -0.1) is 0 Å². The minimum Gasteiger partial charge on any atom is -0.465 e. The van der Waals surface area contributed by atoms with Crippen molar-refractivity contribution in [1.82, 2.24) is 9.71 Å². The van der Waals surface area contributed by atoms with Gasteiger partial charge in [0.25, 0.3) is 0 Å². The molecular formula is C12H18N2O4S. The Balaban J connectivity index is 2.50. The van der Waals surface area contributed by atoms with Crippen LogP contribution in [-0.2, 0) is 26.0 Å². The van der Waals surface area contributed by atoms with E-state index in [1.807, 2.05) is 0 Å². The largest absolute Gasteiger partial charge is 0.465 e. The first-order chi connectivity index (χ1) is 8.94. The molecule has 0 bridgehead atoms. The molecular weight excluding hydrogens is 268 g/mol. The quantitative estimate of drug-likeness (QED) is 0.738. The number of pyridine rings is 1. The number of hydrogen-bond acceptors (Lipinski definition) is 5. The maximum absolute atomic E-state index is 11.8. The molecule has 1 aromatic rings. The molecule has 1 N–H and O–H groups in total. The van der Waals surface area contributed by atoms with Crippen molar-refractivity contribution in [2.24, 2.45) is 0 Å². The van der Waals surface area contributed by atoms with Gasteiger partial charge in [-0.3, -0.25) is 9.78 Å². The topological polar surface area (TPSA) is 85.4 Å². The van der Waals surface area contributed by atoms with Gasteiger partial charge in [0.05, 0.1) is 12.4 Å². The van der Waals surface area contributed by atoms with Crippen LogP contribution in [0.15, 0.2) is 24.5 Å². The Bertz CT molecular complexity index is 502. The molecule has 0 aromatic carbocycles. The van der Waals surface area contributed by atoms with Crippen LogP contribution in [0, 0.1) is 0 Å². The molecule has 19 heavy (non-hydrogen) atoms. The number of rotatable bonds is 7. The number of aromatic nitrogens is 1. The third kappa shape index (κ3) is 5.80. The van der Waals surface area contributed by atoms with Crippen molar-refractivity contribution in [2.75, 3.05) is 12.4 Å². The Morgan fingerprint density at radius 3 is 2.63 bits per heavy atom. The molecule has 106 valence electrons. The summed E-state index contributed by atoms with van der Waals surface area (Å²) in [5, 5.41) is 0. The van der Waals surface area contributed by atoms with E-state index >= 15 is 0 Å². The summed E-state index contributed by atoms with van der Waals surface area (Å²) in [7, 11) is -3.51. The highest BCUT2D eigenvalue weighted by Gasteiger charge is 2.20. The highest BCUT2D eigenvalue weighted by molar-refractivity contribution is 7.89. The zero-order chi connectivity index (χ0) is 14.3. The van der Waals surface area contributed by atoms with Gasteiger partial charge < -0.3 is 4.74 Å². The number of ether oxygens (including phenoxy) is 1.